The molecule has 0 amide bonds. The molecule has 1 nitrogen and oxygen atoms in total. The summed E-state index contributed by atoms with van der Waals surface area (Å²) in [6.45, 7) is 9.16. The second kappa shape index (κ2) is 6.39. The Kier molecular flexibility index (Phi) is 5.09. The molecule has 0 fully saturated rings. The second-order valence-electron chi connectivity index (χ2n) is 3.15. The van der Waals surface area contributed by atoms with Crippen molar-refractivity contribution in [3.05, 3.63) is 61.2 Å². The van der Waals surface area contributed by atoms with Gasteiger partial charge < -0.3 is 0 Å². The van der Waals surface area contributed by atoms with E-state index in [0.717, 1.165) is 17.6 Å². The van der Waals surface area contributed by atoms with E-state index in [0.29, 0.717) is 0 Å². The Morgan fingerprint density at radius 1 is 1.13 bits per heavy atom. The quantitative estimate of drug-likeness (QED) is 0.561. The molecule has 0 spiro atoms. The topological polar surface area (TPSA) is 3.24 Å². The van der Waals surface area contributed by atoms with E-state index >= 15 is 0 Å². The molecule has 0 aliphatic carbocycles. The third kappa shape index (κ3) is 3.50. The van der Waals surface area contributed by atoms with Gasteiger partial charge >= 0.3 is 99.3 Å². The van der Waals surface area contributed by atoms with Gasteiger partial charge in [-0.15, -0.1) is 0 Å². The molecule has 0 saturated heterocycles. The van der Waals surface area contributed by atoms with Gasteiger partial charge in [0.1, 0.15) is 0 Å². The molecule has 1 rings (SSSR count). The number of rotatable bonds is 6. The minimum absolute atomic E-state index is 0.823. The predicted octanol–water partition coefficient (Wildman–Crippen LogP) is 2.01. The summed E-state index contributed by atoms with van der Waals surface area (Å²) in [7, 11) is 0. The fraction of sp³-hybridized carbons (Fsp3) is 0.154. The molecular formula is C13H15NSe. The van der Waals surface area contributed by atoms with E-state index in [4.69, 9.17) is 0 Å². The Morgan fingerprint density at radius 3 is 2.13 bits per heavy atom. The van der Waals surface area contributed by atoms with E-state index in [-0.39, 0.29) is 0 Å². The molecule has 0 saturated carbocycles. The van der Waals surface area contributed by atoms with Crippen LogP contribution in [0.4, 0.5) is 0 Å². The molecule has 0 heterocycles. The molecule has 78 valence electrons. The van der Waals surface area contributed by atoms with Crippen LogP contribution in [0.5, 0.6) is 0 Å². The van der Waals surface area contributed by atoms with Crippen molar-refractivity contribution in [2.45, 2.75) is 0 Å². The predicted molar refractivity (Wildman–Crippen MR) is 68.3 cm³/mol. The zero-order chi connectivity index (χ0) is 11.1. The van der Waals surface area contributed by atoms with Gasteiger partial charge in [0.05, 0.1) is 0 Å². The summed E-state index contributed by atoms with van der Waals surface area (Å²) in [5, 5.41) is 0. The van der Waals surface area contributed by atoms with Gasteiger partial charge in [-0.1, -0.05) is 0 Å². The number of benzene rings is 1. The summed E-state index contributed by atoms with van der Waals surface area (Å²) in [6, 6.07) is 10.3. The van der Waals surface area contributed by atoms with Crippen molar-refractivity contribution in [2.75, 3.05) is 13.1 Å². The average molecular weight is 264 g/mol. The minimum atomic E-state index is 0.823. The Morgan fingerprint density at radius 2 is 1.67 bits per heavy atom. The molecule has 0 aromatic heterocycles. The molecule has 1 aromatic rings. The van der Waals surface area contributed by atoms with Gasteiger partial charge in [-0.05, 0) is 0 Å². The summed E-state index contributed by atoms with van der Waals surface area (Å²) >= 11 is 3.11. The molecule has 0 unspecified atom stereocenters. The fourth-order valence-corrected chi connectivity index (χ4v) is 1.91. The molecule has 0 aliphatic rings. The molecule has 0 radical (unpaired) electrons. The molecule has 0 N–H and O–H groups in total. The number of hydrogen-bond acceptors (Lipinski definition) is 1. The van der Waals surface area contributed by atoms with Crippen molar-refractivity contribution in [3.63, 3.8) is 0 Å². The first-order valence-corrected chi connectivity index (χ1v) is 5.71. The number of hydrogen-bond donors (Lipinski definition) is 0. The van der Waals surface area contributed by atoms with Gasteiger partial charge in [0, 0.05) is 0 Å². The number of nitrogens with zero attached hydrogens (tertiary/aromatic N) is 1. The Hall–Kier alpha value is -1.11. The van der Waals surface area contributed by atoms with E-state index in [1.165, 1.54) is 5.56 Å². The molecule has 0 atom stereocenters. The van der Waals surface area contributed by atoms with Crippen molar-refractivity contribution in [1.29, 1.82) is 0 Å². The van der Waals surface area contributed by atoms with Gasteiger partial charge in [-0.2, -0.15) is 0 Å². The van der Waals surface area contributed by atoms with Gasteiger partial charge in [-0.25, -0.2) is 0 Å². The summed E-state index contributed by atoms with van der Waals surface area (Å²) in [5.41, 5.74) is 1.20. The van der Waals surface area contributed by atoms with E-state index in [1.54, 1.807) is 0 Å². The van der Waals surface area contributed by atoms with Crippen LogP contribution in [-0.2, 0) is 0 Å². The zero-order valence-electron chi connectivity index (χ0n) is 8.73. The monoisotopic (exact) mass is 265 g/mol. The fourth-order valence-electron chi connectivity index (χ4n) is 1.32. The van der Waals surface area contributed by atoms with Gasteiger partial charge in [0.2, 0.25) is 0 Å². The molecule has 1 aromatic carbocycles. The Labute approximate surface area is 99.5 Å². The standard InChI is InChI=1S/C13H15NSe/c1-3-10-14(11-4-2)13(15)12-8-6-5-7-9-12/h3-9H,1-2,10-11H2. The van der Waals surface area contributed by atoms with E-state index < -0.39 is 0 Å². The van der Waals surface area contributed by atoms with Gasteiger partial charge in [-0.3, -0.25) is 0 Å². The van der Waals surface area contributed by atoms with E-state index in [9.17, 15) is 0 Å². The second-order valence-corrected chi connectivity index (χ2v) is 3.96. The Bertz CT molecular complexity index is 333. The summed E-state index contributed by atoms with van der Waals surface area (Å²) in [4.78, 5) is 2.19. The first-order chi connectivity index (χ1) is 7.29. The first kappa shape index (κ1) is 12.0. The van der Waals surface area contributed by atoms with Crippen molar-refractivity contribution in [1.82, 2.24) is 4.90 Å². The van der Waals surface area contributed by atoms with Crippen molar-refractivity contribution in [2.24, 2.45) is 0 Å². The van der Waals surface area contributed by atoms with E-state index in [2.05, 4.69) is 45.8 Å². The third-order valence-electron chi connectivity index (χ3n) is 2.01. The molecule has 0 bridgehead atoms. The van der Waals surface area contributed by atoms with Crippen LogP contribution < -0.4 is 0 Å². The van der Waals surface area contributed by atoms with Crippen LogP contribution >= 0.6 is 0 Å². The van der Waals surface area contributed by atoms with Crippen molar-refractivity contribution < 1.29 is 0 Å². The van der Waals surface area contributed by atoms with Crippen LogP contribution in [0.3, 0.4) is 0 Å². The first-order valence-electron chi connectivity index (χ1n) is 4.85. The van der Waals surface area contributed by atoms with Crippen molar-refractivity contribution >= 4 is 20.1 Å². The maximum absolute atomic E-state index is 3.76. The molecule has 0 aliphatic heterocycles. The third-order valence-corrected chi connectivity index (χ3v) is 3.04. The molecular weight excluding hydrogens is 249 g/mol. The van der Waals surface area contributed by atoms with Crippen molar-refractivity contribution in [3.8, 4) is 0 Å². The summed E-state index contributed by atoms with van der Waals surface area (Å²) in [6.07, 6.45) is 3.79. The van der Waals surface area contributed by atoms with E-state index in [1.807, 2.05) is 30.4 Å². The van der Waals surface area contributed by atoms with Crippen LogP contribution in [0, 0.1) is 0 Å². The molecule has 15 heavy (non-hydrogen) atoms. The van der Waals surface area contributed by atoms with Crippen LogP contribution in [0.1, 0.15) is 5.56 Å². The SMILES string of the molecule is C=CCN(CC=C)C(=[Se])c1ccccc1. The summed E-state index contributed by atoms with van der Waals surface area (Å²) in [5.74, 6) is 0. The van der Waals surface area contributed by atoms with Gasteiger partial charge in [0.15, 0.2) is 0 Å². The maximum atomic E-state index is 3.76. The van der Waals surface area contributed by atoms with Crippen LogP contribution in [0.2, 0.25) is 0 Å². The van der Waals surface area contributed by atoms with Crippen LogP contribution in [-0.4, -0.2) is 38.1 Å². The van der Waals surface area contributed by atoms with Crippen LogP contribution in [0.25, 0.3) is 0 Å². The van der Waals surface area contributed by atoms with Gasteiger partial charge in [0.25, 0.3) is 0 Å². The average Bonchev–Trinajstić information content (AvgIpc) is 2.29. The molecule has 2 heteroatoms. The normalized spacial score (nSPS) is 9.33. The van der Waals surface area contributed by atoms with Crippen LogP contribution in [0.15, 0.2) is 55.6 Å². The summed E-state index contributed by atoms with van der Waals surface area (Å²) < 4.78 is 1.13. The zero-order valence-corrected chi connectivity index (χ0v) is 10.4. The Balaban J connectivity index is 2.80.